The number of aryl methyl sites for hydroxylation is 1. The highest BCUT2D eigenvalue weighted by molar-refractivity contribution is 7.89. The highest BCUT2D eigenvalue weighted by atomic mass is 32.2. The predicted molar refractivity (Wildman–Crippen MR) is 103 cm³/mol. The zero-order chi connectivity index (χ0) is 21.3. The molecule has 0 unspecified atom stereocenters. The molecule has 1 aromatic heterocycles. The van der Waals surface area contributed by atoms with Crippen molar-refractivity contribution in [2.45, 2.75) is 17.9 Å². The molecule has 0 aliphatic carbocycles. The van der Waals surface area contributed by atoms with E-state index < -0.39 is 27.8 Å². The number of amides is 1. The zero-order valence-electron chi connectivity index (χ0n) is 15.8. The summed E-state index contributed by atoms with van der Waals surface area (Å²) in [6.45, 7) is 5.48. The summed E-state index contributed by atoms with van der Waals surface area (Å²) >= 11 is 0. The molecule has 2 N–H and O–H groups in total. The minimum atomic E-state index is -3.92. The van der Waals surface area contributed by atoms with Crippen LogP contribution in [0.4, 0.5) is 10.1 Å². The maximum atomic E-state index is 13.5. The molecular formula is C19H19FN4O4S. The first-order valence-electron chi connectivity index (χ1n) is 8.66. The number of fused-ring (bicyclic) bond motifs is 1. The third-order valence-corrected chi connectivity index (χ3v) is 6.15. The van der Waals surface area contributed by atoms with Crippen LogP contribution < -0.4 is 14.8 Å². The van der Waals surface area contributed by atoms with E-state index in [-0.39, 0.29) is 40.1 Å². The van der Waals surface area contributed by atoms with Gasteiger partial charge >= 0.3 is 0 Å². The Morgan fingerprint density at radius 3 is 2.93 bits per heavy atom. The Morgan fingerprint density at radius 1 is 1.55 bits per heavy atom. The second kappa shape index (κ2) is 7.69. The molecule has 1 aliphatic heterocycles. The van der Waals surface area contributed by atoms with Crippen LogP contribution in [0.15, 0.2) is 41.9 Å². The summed E-state index contributed by atoms with van der Waals surface area (Å²) in [7, 11) is -2.41. The Bertz CT molecular complexity index is 1130. The summed E-state index contributed by atoms with van der Waals surface area (Å²) in [6.07, 6.45) is 2.90. The molecule has 1 aromatic carbocycles. The van der Waals surface area contributed by atoms with E-state index in [0.29, 0.717) is 0 Å². The molecule has 152 valence electrons. The van der Waals surface area contributed by atoms with Crippen LogP contribution in [-0.2, 0) is 17.1 Å². The molecular weight excluding hydrogens is 399 g/mol. The summed E-state index contributed by atoms with van der Waals surface area (Å²) in [4.78, 5) is 12.7. The fraction of sp³-hybridized carbons (Fsp3) is 0.263. The number of nitrogens with one attached hydrogen (secondary N) is 2. The molecule has 0 fully saturated rings. The highest BCUT2D eigenvalue weighted by Crippen LogP contribution is 2.33. The third kappa shape index (κ3) is 3.87. The Hall–Kier alpha value is -3.16. The minimum absolute atomic E-state index is 0.0127. The Morgan fingerprint density at radius 2 is 2.28 bits per heavy atom. The summed E-state index contributed by atoms with van der Waals surface area (Å²) in [6, 6.07) is 4.71. The maximum Gasteiger partial charge on any atom is 0.276 e. The van der Waals surface area contributed by atoms with Crippen LogP contribution in [-0.4, -0.2) is 31.5 Å². The first-order valence-corrected chi connectivity index (χ1v) is 10.1. The summed E-state index contributed by atoms with van der Waals surface area (Å²) < 4.78 is 48.6. The normalized spacial score (nSPS) is 18.5. The average Bonchev–Trinajstić information content (AvgIpc) is 2.96. The first kappa shape index (κ1) is 20.6. The lowest BCUT2D eigenvalue weighted by molar-refractivity contribution is 0.101. The number of carbonyl (C=O) groups excluding carboxylic acids is 1. The van der Waals surface area contributed by atoms with Crippen molar-refractivity contribution in [1.82, 2.24) is 9.29 Å². The molecule has 8 nitrogen and oxygen atoms in total. The van der Waals surface area contributed by atoms with Gasteiger partial charge < -0.3 is 14.6 Å². The van der Waals surface area contributed by atoms with E-state index in [9.17, 15) is 17.6 Å². The van der Waals surface area contributed by atoms with Gasteiger partial charge in [-0.15, -0.1) is 6.58 Å². The van der Waals surface area contributed by atoms with Gasteiger partial charge in [-0.2, -0.15) is 5.26 Å². The Kier molecular flexibility index (Phi) is 5.46. The number of ether oxygens (including phenoxy) is 1. The van der Waals surface area contributed by atoms with E-state index in [4.69, 9.17) is 10.00 Å². The molecule has 0 saturated heterocycles. The molecule has 0 saturated carbocycles. The summed E-state index contributed by atoms with van der Waals surface area (Å²) in [5, 5.41) is 11.5. The van der Waals surface area contributed by atoms with E-state index in [1.54, 1.807) is 19.1 Å². The molecule has 0 bridgehead atoms. The van der Waals surface area contributed by atoms with E-state index in [0.717, 1.165) is 6.07 Å². The number of hydrogen-bond acceptors (Lipinski definition) is 5. The summed E-state index contributed by atoms with van der Waals surface area (Å²) in [5.41, 5.74) is -0.0476. The van der Waals surface area contributed by atoms with Crippen molar-refractivity contribution in [2.75, 3.05) is 11.9 Å². The standard InChI is InChI=1S/C19H19FN4O4S/c1-4-11(2)15-10-28-18-16(29(26,27)23-15)9-24(3)17(18)19(25)22-13-5-6-14(20)12(7-13)8-21/h4-7,9,11,15,23H,1,10H2,2-3H3,(H,22,25)/t11-,15-/m1/s1. The molecule has 2 heterocycles. The van der Waals surface area contributed by atoms with Gasteiger partial charge in [-0.05, 0) is 24.1 Å². The number of aromatic nitrogens is 1. The number of benzene rings is 1. The number of sulfonamides is 1. The van der Waals surface area contributed by atoms with E-state index >= 15 is 0 Å². The summed E-state index contributed by atoms with van der Waals surface area (Å²) in [5.74, 6) is -1.63. The number of nitriles is 1. The van der Waals surface area contributed by atoms with Crippen molar-refractivity contribution >= 4 is 21.6 Å². The van der Waals surface area contributed by atoms with Gasteiger partial charge in [0, 0.05) is 18.9 Å². The lowest BCUT2D eigenvalue weighted by atomic mass is 10.0. The number of anilines is 1. The van der Waals surface area contributed by atoms with Crippen molar-refractivity contribution in [3.05, 3.63) is 54.1 Å². The molecule has 0 spiro atoms. The van der Waals surface area contributed by atoms with Gasteiger partial charge in [0.1, 0.15) is 23.4 Å². The number of carbonyl (C=O) groups is 1. The number of rotatable bonds is 4. The lowest BCUT2D eigenvalue weighted by Crippen LogP contribution is -2.41. The van der Waals surface area contributed by atoms with E-state index in [2.05, 4.69) is 16.6 Å². The van der Waals surface area contributed by atoms with Crippen LogP contribution in [0, 0.1) is 23.1 Å². The van der Waals surface area contributed by atoms with Gasteiger partial charge in [-0.3, -0.25) is 4.79 Å². The topological polar surface area (TPSA) is 113 Å². The number of nitrogens with zero attached hydrogens (tertiary/aromatic N) is 2. The zero-order valence-corrected chi connectivity index (χ0v) is 16.6. The molecule has 1 amide bonds. The van der Waals surface area contributed by atoms with Gasteiger partial charge in [-0.1, -0.05) is 13.0 Å². The van der Waals surface area contributed by atoms with Crippen LogP contribution in [0.1, 0.15) is 23.0 Å². The van der Waals surface area contributed by atoms with Crippen LogP contribution >= 0.6 is 0 Å². The second-order valence-corrected chi connectivity index (χ2v) is 8.36. The van der Waals surface area contributed by atoms with Crippen molar-refractivity contribution in [2.24, 2.45) is 13.0 Å². The van der Waals surface area contributed by atoms with Gasteiger partial charge in [-0.25, -0.2) is 17.5 Å². The van der Waals surface area contributed by atoms with Gasteiger partial charge in [0.15, 0.2) is 11.4 Å². The fourth-order valence-corrected chi connectivity index (χ4v) is 4.45. The van der Waals surface area contributed by atoms with Crippen LogP contribution in [0.3, 0.4) is 0 Å². The van der Waals surface area contributed by atoms with E-state index in [1.807, 2.05) is 0 Å². The second-order valence-electron chi connectivity index (χ2n) is 6.68. The third-order valence-electron chi connectivity index (χ3n) is 4.67. The van der Waals surface area contributed by atoms with Gasteiger partial charge in [0.25, 0.3) is 5.91 Å². The smallest absolute Gasteiger partial charge is 0.276 e. The van der Waals surface area contributed by atoms with Crippen LogP contribution in [0.5, 0.6) is 5.75 Å². The van der Waals surface area contributed by atoms with Gasteiger partial charge in [0.05, 0.1) is 11.6 Å². The monoisotopic (exact) mass is 418 g/mol. The van der Waals surface area contributed by atoms with Crippen molar-refractivity contribution in [3.8, 4) is 11.8 Å². The molecule has 0 radical (unpaired) electrons. The molecule has 2 aromatic rings. The molecule has 3 rings (SSSR count). The highest BCUT2D eigenvalue weighted by Gasteiger charge is 2.35. The Labute approximate surface area is 167 Å². The number of halogens is 1. The van der Waals surface area contributed by atoms with Crippen molar-refractivity contribution < 1.29 is 22.3 Å². The maximum absolute atomic E-state index is 13.5. The largest absolute Gasteiger partial charge is 0.488 e. The van der Waals surface area contributed by atoms with Crippen LogP contribution in [0.25, 0.3) is 0 Å². The first-order chi connectivity index (χ1) is 13.7. The van der Waals surface area contributed by atoms with Crippen LogP contribution in [0.2, 0.25) is 0 Å². The fourth-order valence-electron chi connectivity index (χ4n) is 2.94. The lowest BCUT2D eigenvalue weighted by Gasteiger charge is -2.19. The SMILES string of the molecule is C=C[C@@H](C)[C@H]1COc2c(cn(C)c2C(=O)Nc2ccc(F)c(C#N)c2)S(=O)(=O)N1. The Balaban J connectivity index is 1.97. The van der Waals surface area contributed by atoms with E-state index in [1.165, 1.54) is 29.9 Å². The molecule has 10 heteroatoms. The van der Waals surface area contributed by atoms with Gasteiger partial charge in [0.2, 0.25) is 10.0 Å². The average molecular weight is 418 g/mol. The number of hydrogen-bond donors (Lipinski definition) is 2. The van der Waals surface area contributed by atoms with Crippen molar-refractivity contribution in [1.29, 1.82) is 5.26 Å². The molecule has 2 atom stereocenters. The minimum Gasteiger partial charge on any atom is -0.488 e. The quantitative estimate of drug-likeness (QED) is 0.739. The van der Waals surface area contributed by atoms with Crippen molar-refractivity contribution in [3.63, 3.8) is 0 Å². The molecule has 29 heavy (non-hydrogen) atoms. The molecule has 1 aliphatic rings. The predicted octanol–water partition coefficient (Wildman–Crippen LogP) is 2.15.